The molecule has 7 nitrogen and oxygen atoms in total. The number of pyridine rings is 1. The predicted molar refractivity (Wildman–Crippen MR) is 90.0 cm³/mol. The van der Waals surface area contributed by atoms with Gasteiger partial charge in [-0.3, -0.25) is 0 Å². The van der Waals surface area contributed by atoms with Gasteiger partial charge < -0.3 is 14.5 Å². The van der Waals surface area contributed by atoms with Crippen LogP contribution in [0.1, 0.15) is 11.7 Å². The van der Waals surface area contributed by atoms with E-state index in [0.29, 0.717) is 29.7 Å². The van der Waals surface area contributed by atoms with Gasteiger partial charge >= 0.3 is 0 Å². The molecule has 0 saturated heterocycles. The van der Waals surface area contributed by atoms with Crippen LogP contribution in [0.15, 0.2) is 40.9 Å². The van der Waals surface area contributed by atoms with Gasteiger partial charge in [-0.25, -0.2) is 19.9 Å². The van der Waals surface area contributed by atoms with Crippen LogP contribution in [-0.2, 0) is 6.54 Å². The van der Waals surface area contributed by atoms with Crippen molar-refractivity contribution in [2.24, 2.45) is 0 Å². The summed E-state index contributed by atoms with van der Waals surface area (Å²) in [6, 6.07) is 9.33. The zero-order valence-electron chi connectivity index (χ0n) is 13.3. The molecule has 1 N–H and O–H groups in total. The van der Waals surface area contributed by atoms with E-state index in [-0.39, 0.29) is 0 Å². The van der Waals surface area contributed by atoms with Crippen LogP contribution in [0.2, 0.25) is 0 Å². The number of hydrogen-bond donors (Lipinski definition) is 1. The van der Waals surface area contributed by atoms with Crippen LogP contribution in [-0.4, -0.2) is 27.0 Å². The lowest BCUT2D eigenvalue weighted by Crippen LogP contribution is -2.04. The quantitative estimate of drug-likeness (QED) is 0.618. The molecular formula is C17H15N5O2. The molecule has 0 aliphatic heterocycles. The average Bonchev–Trinajstić information content (AvgIpc) is 3.01. The maximum Gasteiger partial charge on any atom is 0.214 e. The first-order valence-electron chi connectivity index (χ1n) is 7.49. The van der Waals surface area contributed by atoms with Crippen molar-refractivity contribution in [1.82, 2.24) is 19.9 Å². The molecule has 0 saturated carbocycles. The SMILES string of the molecule is COc1ccc2oc(CNc3nc(C)nc4ncccc34)nc2c1. The Morgan fingerprint density at radius 2 is 2.08 bits per heavy atom. The summed E-state index contributed by atoms with van der Waals surface area (Å²) in [6.07, 6.45) is 1.72. The van der Waals surface area contributed by atoms with Crippen molar-refractivity contribution in [3.63, 3.8) is 0 Å². The molecule has 3 heterocycles. The Balaban J connectivity index is 1.63. The van der Waals surface area contributed by atoms with E-state index < -0.39 is 0 Å². The smallest absolute Gasteiger partial charge is 0.214 e. The summed E-state index contributed by atoms with van der Waals surface area (Å²) in [6.45, 7) is 2.25. The monoisotopic (exact) mass is 321 g/mol. The van der Waals surface area contributed by atoms with Crippen molar-refractivity contribution in [2.45, 2.75) is 13.5 Å². The Kier molecular flexibility index (Phi) is 3.45. The highest BCUT2D eigenvalue weighted by Crippen LogP contribution is 2.23. The number of aromatic nitrogens is 4. The van der Waals surface area contributed by atoms with Crippen molar-refractivity contribution in [3.05, 3.63) is 48.2 Å². The molecule has 0 spiro atoms. The second kappa shape index (κ2) is 5.77. The van der Waals surface area contributed by atoms with Crippen molar-refractivity contribution >= 4 is 28.0 Å². The van der Waals surface area contributed by atoms with Gasteiger partial charge in [0.25, 0.3) is 0 Å². The van der Waals surface area contributed by atoms with Gasteiger partial charge in [-0.1, -0.05) is 0 Å². The Labute approximate surface area is 137 Å². The Hall–Kier alpha value is -3.22. The molecule has 3 aromatic heterocycles. The third kappa shape index (κ3) is 2.60. The first-order chi connectivity index (χ1) is 11.7. The molecular weight excluding hydrogens is 306 g/mol. The van der Waals surface area contributed by atoms with Gasteiger partial charge in [-0.2, -0.15) is 0 Å². The highest BCUT2D eigenvalue weighted by molar-refractivity contribution is 5.86. The van der Waals surface area contributed by atoms with E-state index in [2.05, 4.69) is 25.3 Å². The van der Waals surface area contributed by atoms with Gasteiger partial charge in [-0.05, 0) is 31.2 Å². The fraction of sp³-hybridized carbons (Fsp3) is 0.176. The molecule has 0 aliphatic rings. The number of aryl methyl sites for hydroxylation is 1. The predicted octanol–water partition coefficient (Wildman–Crippen LogP) is 3.10. The summed E-state index contributed by atoms with van der Waals surface area (Å²) in [5, 5.41) is 4.12. The average molecular weight is 321 g/mol. The van der Waals surface area contributed by atoms with Gasteiger partial charge in [0.15, 0.2) is 11.2 Å². The van der Waals surface area contributed by atoms with E-state index in [4.69, 9.17) is 9.15 Å². The molecule has 0 unspecified atom stereocenters. The number of benzene rings is 1. The van der Waals surface area contributed by atoms with E-state index in [0.717, 1.165) is 22.2 Å². The third-order valence-corrected chi connectivity index (χ3v) is 3.63. The molecule has 7 heteroatoms. The molecule has 0 radical (unpaired) electrons. The highest BCUT2D eigenvalue weighted by Gasteiger charge is 2.10. The number of hydrogen-bond acceptors (Lipinski definition) is 7. The highest BCUT2D eigenvalue weighted by atomic mass is 16.5. The van der Waals surface area contributed by atoms with Crippen LogP contribution in [0.25, 0.3) is 22.1 Å². The number of ether oxygens (including phenoxy) is 1. The lowest BCUT2D eigenvalue weighted by Gasteiger charge is -2.07. The second-order valence-electron chi connectivity index (χ2n) is 5.29. The normalized spacial score (nSPS) is 11.1. The topological polar surface area (TPSA) is 86.0 Å². The third-order valence-electron chi connectivity index (χ3n) is 3.63. The van der Waals surface area contributed by atoms with Crippen LogP contribution in [0.4, 0.5) is 5.82 Å². The molecule has 4 aromatic rings. The van der Waals surface area contributed by atoms with E-state index >= 15 is 0 Å². The molecule has 4 rings (SSSR count). The molecule has 120 valence electrons. The standard InChI is InChI=1S/C17H15N5O2/c1-10-20-16-12(4-3-7-18-16)17(21-10)19-9-15-22-13-8-11(23-2)5-6-14(13)24-15/h3-8H,9H2,1-2H3,(H,18,19,20,21). The van der Waals surface area contributed by atoms with E-state index in [9.17, 15) is 0 Å². The van der Waals surface area contributed by atoms with Gasteiger partial charge in [0.1, 0.15) is 22.9 Å². The fourth-order valence-electron chi connectivity index (χ4n) is 2.52. The summed E-state index contributed by atoms with van der Waals surface area (Å²) < 4.78 is 10.9. The van der Waals surface area contributed by atoms with Crippen LogP contribution in [0.5, 0.6) is 5.75 Å². The summed E-state index contributed by atoms with van der Waals surface area (Å²) in [4.78, 5) is 17.5. The number of fused-ring (bicyclic) bond motifs is 2. The largest absolute Gasteiger partial charge is 0.497 e. The number of oxazole rings is 1. The number of methoxy groups -OCH3 is 1. The lowest BCUT2D eigenvalue weighted by molar-refractivity contribution is 0.415. The lowest BCUT2D eigenvalue weighted by atomic mass is 10.3. The summed E-state index contributed by atoms with van der Waals surface area (Å²) in [5.74, 6) is 2.70. The Morgan fingerprint density at radius 1 is 1.17 bits per heavy atom. The van der Waals surface area contributed by atoms with Crippen molar-refractivity contribution in [2.75, 3.05) is 12.4 Å². The van der Waals surface area contributed by atoms with E-state index in [1.165, 1.54) is 0 Å². The van der Waals surface area contributed by atoms with Crippen molar-refractivity contribution < 1.29 is 9.15 Å². The Morgan fingerprint density at radius 3 is 2.96 bits per heavy atom. The molecule has 0 amide bonds. The van der Waals surface area contributed by atoms with E-state index in [1.807, 2.05) is 37.3 Å². The van der Waals surface area contributed by atoms with Crippen LogP contribution >= 0.6 is 0 Å². The summed E-state index contributed by atoms with van der Waals surface area (Å²) in [5.41, 5.74) is 2.14. The number of nitrogens with one attached hydrogen (secondary N) is 1. The van der Waals surface area contributed by atoms with Crippen LogP contribution in [0, 0.1) is 6.92 Å². The van der Waals surface area contributed by atoms with E-state index in [1.54, 1.807) is 13.3 Å². The zero-order valence-corrected chi connectivity index (χ0v) is 13.3. The van der Waals surface area contributed by atoms with Gasteiger partial charge in [0.05, 0.1) is 19.0 Å². The molecule has 24 heavy (non-hydrogen) atoms. The first-order valence-corrected chi connectivity index (χ1v) is 7.49. The molecule has 0 fully saturated rings. The number of rotatable bonds is 4. The summed E-state index contributed by atoms with van der Waals surface area (Å²) >= 11 is 0. The van der Waals surface area contributed by atoms with Crippen LogP contribution < -0.4 is 10.1 Å². The number of anilines is 1. The first kappa shape index (κ1) is 14.4. The van der Waals surface area contributed by atoms with Crippen molar-refractivity contribution in [1.29, 1.82) is 0 Å². The Bertz CT molecular complexity index is 1030. The molecule has 0 atom stereocenters. The minimum absolute atomic E-state index is 0.414. The fourth-order valence-corrected chi connectivity index (χ4v) is 2.52. The van der Waals surface area contributed by atoms with Crippen LogP contribution in [0.3, 0.4) is 0 Å². The van der Waals surface area contributed by atoms with Crippen molar-refractivity contribution in [3.8, 4) is 5.75 Å². The molecule has 0 aliphatic carbocycles. The maximum atomic E-state index is 5.74. The zero-order chi connectivity index (χ0) is 16.5. The minimum atomic E-state index is 0.414. The van der Waals surface area contributed by atoms with Gasteiger partial charge in [0, 0.05) is 12.3 Å². The minimum Gasteiger partial charge on any atom is -0.497 e. The summed E-state index contributed by atoms with van der Waals surface area (Å²) in [7, 11) is 1.63. The second-order valence-corrected chi connectivity index (χ2v) is 5.29. The molecule has 1 aromatic carbocycles. The maximum absolute atomic E-state index is 5.74. The van der Waals surface area contributed by atoms with Gasteiger partial charge in [-0.15, -0.1) is 0 Å². The van der Waals surface area contributed by atoms with Gasteiger partial charge in [0.2, 0.25) is 5.89 Å². The molecule has 0 bridgehead atoms. The number of nitrogens with zero attached hydrogens (tertiary/aromatic N) is 4.